The van der Waals surface area contributed by atoms with Gasteiger partial charge in [0.05, 0.1) is 12.2 Å². The molecule has 182 valence electrons. The second-order valence-electron chi connectivity index (χ2n) is 9.65. The number of dihydropyridines is 1. The van der Waals surface area contributed by atoms with Crippen molar-refractivity contribution in [2.75, 3.05) is 13.4 Å². The van der Waals surface area contributed by atoms with Gasteiger partial charge in [-0.05, 0) is 42.4 Å². The third-order valence-electron chi connectivity index (χ3n) is 6.67. The molecule has 3 aliphatic rings. The molecule has 0 amide bonds. The summed E-state index contributed by atoms with van der Waals surface area (Å²) >= 11 is 6.73. The van der Waals surface area contributed by atoms with Gasteiger partial charge in [-0.15, -0.1) is 0 Å². The molecule has 0 aromatic heterocycles. The fraction of sp³-hybridized carbons (Fsp3) is 0.357. The van der Waals surface area contributed by atoms with Gasteiger partial charge in [-0.2, -0.15) is 0 Å². The normalized spacial score (nSPS) is 21.2. The fourth-order valence-corrected chi connectivity index (χ4v) is 5.32. The summed E-state index contributed by atoms with van der Waals surface area (Å²) in [7, 11) is 0. The number of rotatable bonds is 5. The first kappa shape index (κ1) is 23.5. The predicted molar refractivity (Wildman–Crippen MR) is 132 cm³/mol. The Balaban J connectivity index is 1.61. The molecule has 2 heterocycles. The van der Waals surface area contributed by atoms with Gasteiger partial charge >= 0.3 is 5.97 Å². The molecule has 2 unspecified atom stereocenters. The monoisotopic (exact) mass is 493 g/mol. The molecule has 1 aliphatic carbocycles. The SMILES string of the molecule is CC1=C(C(=O)OCC(C)C)C(c2cc3c(cc2Cl)OCO3)C2=C(CC(c3ccccc3)CC2=O)N1. The van der Waals surface area contributed by atoms with Gasteiger partial charge in [0.2, 0.25) is 6.79 Å². The van der Waals surface area contributed by atoms with Gasteiger partial charge in [0.1, 0.15) is 0 Å². The molecule has 2 atom stereocenters. The highest BCUT2D eigenvalue weighted by atomic mass is 35.5. The van der Waals surface area contributed by atoms with Crippen LogP contribution in [0.15, 0.2) is 65.0 Å². The minimum atomic E-state index is -0.655. The minimum absolute atomic E-state index is 0.00649. The topological polar surface area (TPSA) is 73.9 Å². The summed E-state index contributed by atoms with van der Waals surface area (Å²) < 4.78 is 16.7. The molecule has 2 aromatic carbocycles. The lowest BCUT2D eigenvalue weighted by molar-refractivity contribution is -0.140. The van der Waals surface area contributed by atoms with Crippen molar-refractivity contribution in [1.29, 1.82) is 0 Å². The summed E-state index contributed by atoms with van der Waals surface area (Å²) in [6, 6.07) is 13.5. The van der Waals surface area contributed by atoms with E-state index in [0.717, 1.165) is 11.3 Å². The Labute approximate surface area is 209 Å². The van der Waals surface area contributed by atoms with E-state index >= 15 is 0 Å². The van der Waals surface area contributed by atoms with Gasteiger partial charge in [0.25, 0.3) is 0 Å². The number of halogens is 1. The van der Waals surface area contributed by atoms with Crippen molar-refractivity contribution < 1.29 is 23.8 Å². The number of benzene rings is 2. The lowest BCUT2D eigenvalue weighted by atomic mass is 9.71. The zero-order chi connectivity index (χ0) is 24.7. The van der Waals surface area contributed by atoms with Crippen LogP contribution in [-0.4, -0.2) is 25.2 Å². The number of hydrogen-bond donors (Lipinski definition) is 1. The third-order valence-corrected chi connectivity index (χ3v) is 7.00. The van der Waals surface area contributed by atoms with E-state index in [2.05, 4.69) is 17.4 Å². The maximum atomic E-state index is 13.7. The van der Waals surface area contributed by atoms with Crippen LogP contribution in [0.2, 0.25) is 5.02 Å². The van der Waals surface area contributed by atoms with Crippen LogP contribution >= 0.6 is 11.6 Å². The highest BCUT2D eigenvalue weighted by molar-refractivity contribution is 6.32. The zero-order valence-corrected chi connectivity index (χ0v) is 20.8. The fourth-order valence-electron chi connectivity index (χ4n) is 5.06. The van der Waals surface area contributed by atoms with Gasteiger partial charge < -0.3 is 19.5 Å². The van der Waals surface area contributed by atoms with Crippen molar-refractivity contribution in [2.45, 2.75) is 45.4 Å². The van der Waals surface area contributed by atoms with Gasteiger partial charge in [-0.3, -0.25) is 4.79 Å². The van der Waals surface area contributed by atoms with Gasteiger partial charge in [0.15, 0.2) is 17.3 Å². The second-order valence-corrected chi connectivity index (χ2v) is 10.1. The lowest BCUT2D eigenvalue weighted by Gasteiger charge is -2.37. The maximum Gasteiger partial charge on any atom is 0.336 e. The Kier molecular flexibility index (Phi) is 6.32. The molecule has 0 saturated heterocycles. The summed E-state index contributed by atoms with van der Waals surface area (Å²) in [6.07, 6.45) is 1.02. The Morgan fingerprint density at radius 2 is 1.86 bits per heavy atom. The summed E-state index contributed by atoms with van der Waals surface area (Å²) in [5.41, 5.74) is 4.21. The molecule has 6 nitrogen and oxygen atoms in total. The molecule has 2 aliphatic heterocycles. The number of hydrogen-bond acceptors (Lipinski definition) is 6. The third kappa shape index (κ3) is 4.43. The van der Waals surface area contributed by atoms with Crippen molar-refractivity contribution in [3.63, 3.8) is 0 Å². The Morgan fingerprint density at radius 3 is 2.57 bits per heavy atom. The van der Waals surface area contributed by atoms with Crippen LogP contribution in [0.4, 0.5) is 0 Å². The molecule has 0 bridgehead atoms. The van der Waals surface area contributed by atoms with Crippen LogP contribution < -0.4 is 14.8 Å². The smallest absolute Gasteiger partial charge is 0.336 e. The summed E-state index contributed by atoms with van der Waals surface area (Å²) in [6.45, 7) is 6.20. The maximum absolute atomic E-state index is 13.7. The van der Waals surface area contributed by atoms with Crippen LogP contribution in [-0.2, 0) is 14.3 Å². The molecular weight excluding hydrogens is 466 g/mol. The molecule has 0 radical (unpaired) electrons. The second kappa shape index (κ2) is 9.42. The highest BCUT2D eigenvalue weighted by Gasteiger charge is 2.42. The molecule has 5 rings (SSSR count). The highest BCUT2D eigenvalue weighted by Crippen LogP contribution is 2.49. The van der Waals surface area contributed by atoms with Crippen molar-refractivity contribution in [1.82, 2.24) is 5.32 Å². The van der Waals surface area contributed by atoms with Crippen molar-refractivity contribution >= 4 is 23.4 Å². The van der Waals surface area contributed by atoms with Crippen LogP contribution in [0, 0.1) is 5.92 Å². The molecule has 35 heavy (non-hydrogen) atoms. The molecule has 0 fully saturated rings. The number of nitrogens with one attached hydrogen (secondary N) is 1. The van der Waals surface area contributed by atoms with E-state index in [0.29, 0.717) is 51.8 Å². The van der Waals surface area contributed by atoms with E-state index in [1.165, 1.54) is 0 Å². The number of carbonyl (C=O) groups is 2. The van der Waals surface area contributed by atoms with E-state index < -0.39 is 11.9 Å². The molecule has 0 saturated carbocycles. The Bertz CT molecular complexity index is 1250. The molecule has 2 aromatic rings. The first-order valence-electron chi connectivity index (χ1n) is 11.9. The van der Waals surface area contributed by atoms with E-state index in [4.69, 9.17) is 25.8 Å². The number of fused-ring (bicyclic) bond motifs is 1. The van der Waals surface area contributed by atoms with Crippen LogP contribution in [0.1, 0.15) is 56.6 Å². The van der Waals surface area contributed by atoms with Crippen LogP contribution in [0.25, 0.3) is 0 Å². The lowest BCUT2D eigenvalue weighted by Crippen LogP contribution is -2.36. The standard InChI is InChI=1S/C28H28ClNO5/c1-15(2)13-33-28(32)25-16(3)30-21-9-18(17-7-5-4-6-8-17)10-22(31)27(21)26(25)19-11-23-24(12-20(19)29)35-14-34-23/h4-8,11-12,15,18,26,30H,9-10,13-14H2,1-3H3. The number of ketones is 1. The minimum Gasteiger partial charge on any atom is -0.462 e. The predicted octanol–water partition coefficient (Wildman–Crippen LogP) is 5.63. The summed E-state index contributed by atoms with van der Waals surface area (Å²) in [4.78, 5) is 27.1. The van der Waals surface area contributed by atoms with E-state index in [1.807, 2.05) is 39.0 Å². The largest absolute Gasteiger partial charge is 0.462 e. The van der Waals surface area contributed by atoms with Gasteiger partial charge in [-0.25, -0.2) is 4.79 Å². The number of allylic oxidation sites excluding steroid dienone is 3. The molecule has 7 heteroatoms. The Hall–Kier alpha value is -3.25. The van der Waals surface area contributed by atoms with Crippen molar-refractivity contribution in [2.24, 2.45) is 5.92 Å². The van der Waals surface area contributed by atoms with E-state index in [-0.39, 0.29) is 31.0 Å². The zero-order valence-electron chi connectivity index (χ0n) is 20.0. The molecule has 1 N–H and O–H groups in total. The first-order valence-corrected chi connectivity index (χ1v) is 12.3. The average molecular weight is 494 g/mol. The van der Waals surface area contributed by atoms with E-state index in [9.17, 15) is 9.59 Å². The summed E-state index contributed by atoms with van der Waals surface area (Å²) in [5.74, 6) is 0.220. The summed E-state index contributed by atoms with van der Waals surface area (Å²) in [5, 5.41) is 3.79. The van der Waals surface area contributed by atoms with Crippen molar-refractivity contribution in [3.05, 3.63) is 81.2 Å². The number of ether oxygens (including phenoxy) is 3. The number of Topliss-reactive ketones (excluding diaryl/α,β-unsaturated/α-hetero) is 1. The molecular formula is C28H28ClNO5. The Morgan fingerprint density at radius 1 is 1.14 bits per heavy atom. The van der Waals surface area contributed by atoms with Crippen molar-refractivity contribution in [3.8, 4) is 11.5 Å². The quantitative estimate of drug-likeness (QED) is 0.544. The van der Waals surface area contributed by atoms with Crippen LogP contribution in [0.3, 0.4) is 0 Å². The number of carbonyl (C=O) groups excluding carboxylic acids is 2. The van der Waals surface area contributed by atoms with Crippen LogP contribution in [0.5, 0.6) is 11.5 Å². The molecule has 0 spiro atoms. The van der Waals surface area contributed by atoms with Gasteiger partial charge in [0, 0.05) is 40.4 Å². The van der Waals surface area contributed by atoms with E-state index in [1.54, 1.807) is 12.1 Å². The first-order chi connectivity index (χ1) is 16.8. The number of esters is 1. The van der Waals surface area contributed by atoms with Gasteiger partial charge in [-0.1, -0.05) is 55.8 Å². The average Bonchev–Trinajstić information content (AvgIpc) is 3.28.